The molecule has 2 rings (SSSR count). The Morgan fingerprint density at radius 3 is 2.09 bits per heavy atom. The quantitative estimate of drug-likeness (QED) is 0.368. The van der Waals surface area contributed by atoms with Crippen molar-refractivity contribution in [3.05, 3.63) is 29.3 Å². The van der Waals surface area contributed by atoms with Gasteiger partial charge in [-0.25, -0.2) is 8.42 Å². The number of hydrogen-bond donors (Lipinski definition) is 2. The molecular weight excluding hydrogens is 335 g/mol. The molecule has 120 valence electrons. The number of fused-ring (bicyclic) bond motifs is 1. The van der Waals surface area contributed by atoms with Crippen LogP contribution in [-0.4, -0.2) is 56.1 Å². The molecule has 0 aliphatic heterocycles. The summed E-state index contributed by atoms with van der Waals surface area (Å²) in [5, 5.41) is 19.1. The summed E-state index contributed by atoms with van der Waals surface area (Å²) in [5.41, 5.74) is -0.857. The number of hydrogen-bond acceptors (Lipinski definition) is 7. The summed E-state index contributed by atoms with van der Waals surface area (Å²) in [7, 11) is -5.41. The molecule has 1 aromatic rings. The van der Waals surface area contributed by atoms with E-state index in [1.165, 1.54) is 6.07 Å². The molecule has 0 heterocycles. The van der Waals surface area contributed by atoms with Crippen LogP contribution in [0.5, 0.6) is 5.75 Å². The van der Waals surface area contributed by atoms with Gasteiger partial charge in [0, 0.05) is 5.56 Å². The van der Waals surface area contributed by atoms with Crippen LogP contribution >= 0.6 is 0 Å². The minimum absolute atomic E-state index is 0. The Morgan fingerprint density at radius 1 is 1.14 bits per heavy atom. The van der Waals surface area contributed by atoms with Gasteiger partial charge in [0.05, 0.1) is 12.0 Å². The van der Waals surface area contributed by atoms with Gasteiger partial charge in [-0.1, -0.05) is 12.1 Å². The van der Waals surface area contributed by atoms with E-state index in [1.807, 2.05) is 0 Å². The van der Waals surface area contributed by atoms with Gasteiger partial charge in [0.2, 0.25) is 10.7 Å². The maximum atomic E-state index is 11.8. The second-order valence-corrected chi connectivity index (χ2v) is 5.45. The van der Waals surface area contributed by atoms with Crippen LogP contribution in [0.1, 0.15) is 27.1 Å². The second-order valence-electron chi connectivity index (χ2n) is 3.87. The molecule has 1 atom stereocenters. The number of ketones is 2. The molecule has 8 N–H and O–H groups in total. The van der Waals surface area contributed by atoms with Crippen molar-refractivity contribution in [2.24, 2.45) is 0 Å². The van der Waals surface area contributed by atoms with Crippen LogP contribution < -0.4 is 29.6 Å². The van der Waals surface area contributed by atoms with Gasteiger partial charge in [-0.05, 0) is 6.07 Å². The third kappa shape index (κ3) is 3.71. The third-order valence-electron chi connectivity index (χ3n) is 2.73. The van der Waals surface area contributed by atoms with Crippen molar-refractivity contribution < 1.29 is 78.8 Å². The van der Waals surface area contributed by atoms with E-state index in [1.54, 1.807) is 0 Å². The predicted molar refractivity (Wildman–Crippen MR) is 66.9 cm³/mol. The van der Waals surface area contributed by atoms with E-state index in [0.29, 0.717) is 0 Å². The van der Waals surface area contributed by atoms with E-state index in [0.717, 1.165) is 12.1 Å². The first-order valence-corrected chi connectivity index (χ1v) is 6.17. The van der Waals surface area contributed by atoms with Gasteiger partial charge in [-0.3, -0.25) is 9.59 Å². The van der Waals surface area contributed by atoms with Crippen LogP contribution in [0.25, 0.3) is 0 Å². The molecule has 0 saturated carbocycles. The molecular formula is C10H13NaO10S. The number of carbonyl (C=O) groups excluding carboxylic acids is 2. The molecule has 0 spiro atoms. The first-order valence-electron chi connectivity index (χ1n) is 4.76. The van der Waals surface area contributed by atoms with Gasteiger partial charge < -0.3 is 31.2 Å². The standard InChI is InChI=1S/C10H8O7S.Na.3H2O/c11-6-3-1-2-5-8(6)7(12)4-10(14,9(5)13)18(15,16)17;;;;/h1-3,11,14H,4H2,(H,15,16,17);;3*1H2/q;+1;;;/p-1. The molecule has 0 aromatic heterocycles. The maximum Gasteiger partial charge on any atom is 1.00 e. The Bertz CT molecular complexity index is 670. The van der Waals surface area contributed by atoms with E-state index < -0.39 is 44.4 Å². The molecule has 22 heavy (non-hydrogen) atoms. The molecule has 1 aliphatic rings. The Labute approximate surface area is 146 Å². The number of carbonyl (C=O) groups is 2. The fourth-order valence-electron chi connectivity index (χ4n) is 1.82. The van der Waals surface area contributed by atoms with Gasteiger partial charge in [0.1, 0.15) is 15.9 Å². The summed E-state index contributed by atoms with van der Waals surface area (Å²) in [6, 6.07) is 3.40. The van der Waals surface area contributed by atoms with E-state index in [9.17, 15) is 32.8 Å². The zero-order valence-corrected chi connectivity index (χ0v) is 14.1. The molecule has 0 saturated heterocycles. The molecule has 0 radical (unpaired) electrons. The Kier molecular flexibility index (Phi) is 9.58. The molecule has 0 bridgehead atoms. The Morgan fingerprint density at radius 2 is 1.64 bits per heavy atom. The predicted octanol–water partition coefficient (Wildman–Crippen LogP) is -6.07. The largest absolute Gasteiger partial charge is 1.00 e. The smallest absolute Gasteiger partial charge is 0.745 e. The normalized spacial score (nSPS) is 19.5. The number of aromatic hydroxyl groups is 1. The van der Waals surface area contributed by atoms with Crippen LogP contribution in [0, 0.1) is 0 Å². The first kappa shape index (κ1) is 26.0. The second kappa shape index (κ2) is 8.10. The number of rotatable bonds is 1. The van der Waals surface area contributed by atoms with E-state index in [-0.39, 0.29) is 51.5 Å². The fraction of sp³-hybridized carbons (Fsp3) is 0.200. The minimum atomic E-state index is -5.41. The van der Waals surface area contributed by atoms with Crippen LogP contribution in [0.15, 0.2) is 18.2 Å². The molecule has 1 aromatic carbocycles. The summed E-state index contributed by atoms with van der Waals surface area (Å²) < 4.78 is 32.8. The monoisotopic (exact) mass is 348 g/mol. The average molecular weight is 348 g/mol. The van der Waals surface area contributed by atoms with Crippen LogP contribution in [0.4, 0.5) is 0 Å². The van der Waals surface area contributed by atoms with E-state index in [2.05, 4.69) is 0 Å². The summed E-state index contributed by atoms with van der Waals surface area (Å²) in [5.74, 6) is -2.89. The van der Waals surface area contributed by atoms with Crippen LogP contribution in [0.2, 0.25) is 0 Å². The number of benzene rings is 1. The summed E-state index contributed by atoms with van der Waals surface area (Å²) in [4.78, 5) is 20.1. The first-order chi connectivity index (χ1) is 8.18. The summed E-state index contributed by atoms with van der Waals surface area (Å²) >= 11 is 0. The van der Waals surface area contributed by atoms with Crippen molar-refractivity contribution in [1.82, 2.24) is 0 Å². The summed E-state index contributed by atoms with van der Waals surface area (Å²) in [6.07, 6.45) is -1.19. The third-order valence-corrected chi connectivity index (χ3v) is 3.89. The van der Waals surface area contributed by atoms with Crippen molar-refractivity contribution in [3.63, 3.8) is 0 Å². The van der Waals surface area contributed by atoms with Crippen LogP contribution in [0.3, 0.4) is 0 Å². The zero-order valence-electron chi connectivity index (χ0n) is 11.3. The van der Waals surface area contributed by atoms with E-state index >= 15 is 0 Å². The van der Waals surface area contributed by atoms with E-state index in [4.69, 9.17) is 0 Å². The average Bonchev–Trinajstić information content (AvgIpc) is 2.24. The van der Waals surface area contributed by atoms with Gasteiger partial charge in [-0.2, -0.15) is 0 Å². The molecule has 0 amide bonds. The van der Waals surface area contributed by atoms with Gasteiger partial charge in [0.25, 0.3) is 0 Å². The van der Waals surface area contributed by atoms with Crippen molar-refractivity contribution in [1.29, 1.82) is 0 Å². The van der Waals surface area contributed by atoms with Crippen molar-refractivity contribution in [3.8, 4) is 5.75 Å². The number of phenols is 1. The fourth-order valence-corrected chi connectivity index (χ4v) is 2.47. The zero-order chi connectivity index (χ0) is 13.7. The topological polar surface area (TPSA) is 226 Å². The van der Waals surface area contributed by atoms with Gasteiger partial charge in [0.15, 0.2) is 5.78 Å². The van der Waals surface area contributed by atoms with Crippen LogP contribution in [-0.2, 0) is 10.1 Å². The van der Waals surface area contributed by atoms with Crippen molar-refractivity contribution >= 4 is 21.7 Å². The van der Waals surface area contributed by atoms with Gasteiger partial charge >= 0.3 is 29.6 Å². The van der Waals surface area contributed by atoms with Gasteiger partial charge in [-0.15, -0.1) is 0 Å². The molecule has 1 unspecified atom stereocenters. The molecule has 1 aliphatic carbocycles. The Hall–Kier alpha value is -0.890. The minimum Gasteiger partial charge on any atom is -0.745 e. The van der Waals surface area contributed by atoms with Crippen molar-refractivity contribution in [2.75, 3.05) is 0 Å². The number of Topliss-reactive ketones (excluding diaryl/α,β-unsaturated/α-hetero) is 2. The SMILES string of the molecule is O.O.O.O=C1CC(O)(S(=O)(=O)[O-])C(=O)c2cccc(O)c21.[Na+]. The summed E-state index contributed by atoms with van der Waals surface area (Å²) in [6.45, 7) is 0. The number of phenolic OH excluding ortho intramolecular Hbond substituents is 1. The number of aliphatic hydroxyl groups is 1. The Balaban J connectivity index is -0.000000902. The molecule has 0 fully saturated rings. The van der Waals surface area contributed by atoms with Crippen molar-refractivity contribution in [2.45, 2.75) is 11.4 Å². The maximum absolute atomic E-state index is 11.8. The molecule has 12 heteroatoms. The molecule has 10 nitrogen and oxygen atoms in total.